The molecular weight excluding hydrogens is 537 g/mol. The molecule has 2 N–H and O–H groups in total. The number of halogens is 3. The summed E-state index contributed by atoms with van der Waals surface area (Å²) in [4.78, 5) is 5.97. The van der Waals surface area contributed by atoms with Gasteiger partial charge in [0, 0.05) is 40.0 Å². The number of para-hydroxylation sites is 1. The maximum atomic E-state index is 13.8. The Labute approximate surface area is 200 Å². The van der Waals surface area contributed by atoms with Crippen LogP contribution in [0.2, 0.25) is 0 Å². The summed E-state index contributed by atoms with van der Waals surface area (Å²) in [5.74, 6) is -0.328. The van der Waals surface area contributed by atoms with Crippen molar-refractivity contribution in [2.75, 3.05) is 38.3 Å². The van der Waals surface area contributed by atoms with Gasteiger partial charge in [0.05, 0.1) is 11.4 Å². The van der Waals surface area contributed by atoms with Crippen LogP contribution >= 0.6 is 24.0 Å². The number of guanidine groups is 1. The molecule has 0 amide bonds. The van der Waals surface area contributed by atoms with Crippen molar-refractivity contribution in [3.05, 3.63) is 65.2 Å². The summed E-state index contributed by atoms with van der Waals surface area (Å²) in [6.45, 7) is 1.47. The van der Waals surface area contributed by atoms with Crippen LogP contribution in [0.25, 0.3) is 0 Å². The van der Waals surface area contributed by atoms with Crippen molar-refractivity contribution in [3.8, 4) is 0 Å². The van der Waals surface area contributed by atoms with Crippen LogP contribution in [0.3, 0.4) is 0 Å². The van der Waals surface area contributed by atoms with Gasteiger partial charge in [-0.25, -0.2) is 17.2 Å². The zero-order valence-electron chi connectivity index (χ0n) is 17.9. The van der Waals surface area contributed by atoms with Crippen molar-refractivity contribution in [1.29, 1.82) is 0 Å². The number of hydrogen-bond acceptors (Lipinski definition) is 4. The highest BCUT2D eigenvalue weighted by Gasteiger charge is 2.11. The molecule has 0 saturated carbocycles. The first kappa shape index (κ1) is 27.1. The van der Waals surface area contributed by atoms with E-state index in [-0.39, 0.29) is 42.1 Å². The molecule has 0 radical (unpaired) electrons. The minimum Gasteiger partial charge on any atom is -0.372 e. The second-order valence-corrected chi connectivity index (χ2v) is 9.20. The second-order valence-electron chi connectivity index (χ2n) is 7.06. The fraction of sp³-hybridized carbons (Fsp3) is 0.381. The van der Waals surface area contributed by atoms with Crippen LogP contribution < -0.4 is 15.5 Å². The lowest BCUT2D eigenvalue weighted by Gasteiger charge is -2.20. The second kappa shape index (κ2) is 12.8. The van der Waals surface area contributed by atoms with Crippen molar-refractivity contribution in [2.24, 2.45) is 4.99 Å². The lowest BCUT2D eigenvalue weighted by Crippen LogP contribution is -2.38. The fourth-order valence-corrected chi connectivity index (χ4v) is 3.83. The van der Waals surface area contributed by atoms with Gasteiger partial charge in [0.25, 0.3) is 0 Å². The number of aliphatic imine (C=N–C) groups is 1. The van der Waals surface area contributed by atoms with Crippen LogP contribution in [0.15, 0.2) is 47.5 Å². The SMILES string of the molecule is CN=C(NCCCN(C)c1ccccc1F)NCc1cc(F)ccc1CS(C)(=O)=O.I. The predicted molar refractivity (Wildman–Crippen MR) is 133 cm³/mol. The van der Waals surface area contributed by atoms with E-state index in [1.54, 1.807) is 25.2 Å². The molecule has 6 nitrogen and oxygen atoms in total. The third-order valence-electron chi connectivity index (χ3n) is 4.48. The molecule has 0 saturated heterocycles. The molecule has 0 aliphatic rings. The van der Waals surface area contributed by atoms with Gasteiger partial charge >= 0.3 is 0 Å². The first-order valence-corrected chi connectivity index (χ1v) is 11.6. The first-order chi connectivity index (χ1) is 14.2. The largest absolute Gasteiger partial charge is 0.372 e. The number of sulfone groups is 1. The summed E-state index contributed by atoms with van der Waals surface area (Å²) in [5.41, 5.74) is 1.65. The molecule has 0 aromatic heterocycles. The molecule has 2 aromatic rings. The summed E-state index contributed by atoms with van der Waals surface area (Å²) < 4.78 is 50.6. The number of benzene rings is 2. The fourth-order valence-electron chi connectivity index (χ4n) is 2.99. The molecule has 0 aliphatic heterocycles. The Morgan fingerprint density at radius 3 is 2.45 bits per heavy atom. The quantitative estimate of drug-likeness (QED) is 0.211. The smallest absolute Gasteiger partial charge is 0.191 e. The van der Waals surface area contributed by atoms with Gasteiger partial charge in [-0.3, -0.25) is 4.99 Å². The lowest BCUT2D eigenvalue weighted by molar-refractivity contribution is 0.599. The Hall–Kier alpha value is -1.95. The molecule has 31 heavy (non-hydrogen) atoms. The predicted octanol–water partition coefficient (Wildman–Crippen LogP) is 3.32. The summed E-state index contributed by atoms with van der Waals surface area (Å²) in [6, 6.07) is 10.7. The summed E-state index contributed by atoms with van der Waals surface area (Å²) in [7, 11) is 0.211. The molecular formula is C21H29F2IN4O2S. The van der Waals surface area contributed by atoms with Crippen molar-refractivity contribution >= 4 is 45.5 Å². The maximum absolute atomic E-state index is 13.8. The van der Waals surface area contributed by atoms with Crippen molar-refractivity contribution < 1.29 is 17.2 Å². The van der Waals surface area contributed by atoms with Gasteiger partial charge < -0.3 is 15.5 Å². The molecule has 0 spiro atoms. The molecule has 0 atom stereocenters. The first-order valence-electron chi connectivity index (χ1n) is 9.55. The Kier molecular flexibility index (Phi) is 11.2. The zero-order chi connectivity index (χ0) is 22.1. The molecule has 172 valence electrons. The monoisotopic (exact) mass is 566 g/mol. The van der Waals surface area contributed by atoms with Crippen molar-refractivity contribution in [3.63, 3.8) is 0 Å². The molecule has 2 rings (SSSR count). The molecule has 0 bridgehead atoms. The molecule has 0 aliphatic carbocycles. The minimum atomic E-state index is -3.24. The number of nitrogens with zero attached hydrogens (tertiary/aromatic N) is 2. The van der Waals surface area contributed by atoms with E-state index < -0.39 is 15.7 Å². The Balaban J connectivity index is 0.00000480. The van der Waals surface area contributed by atoms with Crippen molar-refractivity contribution in [2.45, 2.75) is 18.7 Å². The van der Waals surface area contributed by atoms with Crippen LogP contribution in [0.5, 0.6) is 0 Å². The van der Waals surface area contributed by atoms with Gasteiger partial charge in [-0.2, -0.15) is 0 Å². The average Bonchev–Trinajstić information content (AvgIpc) is 2.68. The number of hydrogen-bond donors (Lipinski definition) is 2. The Morgan fingerprint density at radius 2 is 1.81 bits per heavy atom. The van der Waals surface area contributed by atoms with E-state index >= 15 is 0 Å². The third kappa shape index (κ3) is 9.38. The topological polar surface area (TPSA) is 73.8 Å². The summed E-state index contributed by atoms with van der Waals surface area (Å²) in [6.07, 6.45) is 1.89. The normalized spacial score (nSPS) is 11.6. The zero-order valence-corrected chi connectivity index (χ0v) is 21.0. The maximum Gasteiger partial charge on any atom is 0.191 e. The number of nitrogens with one attached hydrogen (secondary N) is 2. The number of rotatable bonds is 9. The highest BCUT2D eigenvalue weighted by atomic mass is 127. The molecule has 0 heterocycles. The van der Waals surface area contributed by atoms with Crippen LogP contribution in [0.4, 0.5) is 14.5 Å². The van der Waals surface area contributed by atoms with Crippen LogP contribution in [-0.4, -0.2) is 47.8 Å². The molecule has 0 fully saturated rings. The minimum absolute atomic E-state index is 0. The van der Waals surface area contributed by atoms with Crippen LogP contribution in [0.1, 0.15) is 17.5 Å². The molecule has 10 heteroatoms. The third-order valence-corrected chi connectivity index (χ3v) is 5.32. The van der Waals surface area contributed by atoms with Gasteiger partial charge in [-0.05, 0) is 41.8 Å². The van der Waals surface area contributed by atoms with E-state index in [1.165, 1.54) is 24.3 Å². The van der Waals surface area contributed by atoms with Gasteiger partial charge in [0.15, 0.2) is 15.8 Å². The highest BCUT2D eigenvalue weighted by Crippen LogP contribution is 2.17. The van der Waals surface area contributed by atoms with Crippen molar-refractivity contribution in [1.82, 2.24) is 10.6 Å². The Bertz CT molecular complexity index is 987. The molecule has 2 aromatic carbocycles. The summed E-state index contributed by atoms with van der Waals surface area (Å²) in [5, 5.41) is 6.22. The standard InChI is InChI=1S/C21H28F2N4O2S.HI/c1-24-21(25-11-6-12-27(2)20-8-5-4-7-19(20)23)26-14-17-13-18(22)10-9-16(17)15-30(3,28)29;/h4-5,7-10,13H,6,11-12,14-15H2,1-3H3,(H2,24,25,26);1H. The van der Waals surface area contributed by atoms with E-state index in [4.69, 9.17) is 0 Å². The van der Waals surface area contributed by atoms with Gasteiger partial charge in [0.1, 0.15) is 11.6 Å². The lowest BCUT2D eigenvalue weighted by atomic mass is 10.1. The van der Waals surface area contributed by atoms with E-state index in [1.807, 2.05) is 11.9 Å². The molecule has 0 unspecified atom stereocenters. The van der Waals surface area contributed by atoms with Crippen LogP contribution in [-0.2, 0) is 22.1 Å². The number of anilines is 1. The van der Waals surface area contributed by atoms with E-state index in [2.05, 4.69) is 15.6 Å². The van der Waals surface area contributed by atoms with E-state index in [0.29, 0.717) is 35.9 Å². The Morgan fingerprint density at radius 1 is 1.10 bits per heavy atom. The summed E-state index contributed by atoms with van der Waals surface area (Å²) >= 11 is 0. The van der Waals surface area contributed by atoms with Crippen LogP contribution in [0, 0.1) is 11.6 Å². The highest BCUT2D eigenvalue weighted by molar-refractivity contribution is 14.0. The van der Waals surface area contributed by atoms with Gasteiger partial charge in [-0.1, -0.05) is 18.2 Å². The van der Waals surface area contributed by atoms with E-state index in [9.17, 15) is 17.2 Å². The van der Waals surface area contributed by atoms with E-state index in [0.717, 1.165) is 12.7 Å². The van der Waals surface area contributed by atoms with Gasteiger partial charge in [-0.15, -0.1) is 24.0 Å². The van der Waals surface area contributed by atoms with Gasteiger partial charge in [0.2, 0.25) is 0 Å². The average molecular weight is 566 g/mol.